The van der Waals surface area contributed by atoms with Gasteiger partial charge in [0.15, 0.2) is 0 Å². The van der Waals surface area contributed by atoms with E-state index in [-0.39, 0.29) is 0 Å². The third kappa shape index (κ3) is 4.31. The van der Waals surface area contributed by atoms with Gasteiger partial charge in [-0.1, -0.05) is 30.3 Å². The van der Waals surface area contributed by atoms with Gasteiger partial charge < -0.3 is 10.2 Å². The number of nitrogens with zero attached hydrogens (tertiary/aromatic N) is 2. The van der Waals surface area contributed by atoms with Crippen molar-refractivity contribution in [2.45, 2.75) is 25.8 Å². The molecule has 1 N–H and O–H groups in total. The Balaban J connectivity index is 1.42. The topological polar surface area (TPSA) is 35.6 Å². The highest BCUT2D eigenvalue weighted by atomic mass is 16.2. The lowest BCUT2D eigenvalue weighted by molar-refractivity contribution is -0.134. The average Bonchev–Trinajstić information content (AvgIpc) is 2.57. The summed E-state index contributed by atoms with van der Waals surface area (Å²) < 4.78 is 0. The minimum Gasteiger partial charge on any atom is -0.340 e. The zero-order valence-corrected chi connectivity index (χ0v) is 13.3. The third-order valence-electron chi connectivity index (χ3n) is 4.90. The van der Waals surface area contributed by atoms with Crippen LogP contribution in [0.15, 0.2) is 30.3 Å². The minimum atomic E-state index is 0.367. The molecule has 0 aromatic heterocycles. The van der Waals surface area contributed by atoms with Gasteiger partial charge in [0.1, 0.15) is 0 Å². The Morgan fingerprint density at radius 2 is 1.73 bits per heavy atom. The molecule has 0 radical (unpaired) electrons. The SMILES string of the molecule is O=C(CC1CCNCC1)N1CCN(Cc2ccccc2)CC1. The molecule has 22 heavy (non-hydrogen) atoms. The molecule has 2 saturated heterocycles. The molecule has 1 aromatic rings. The van der Waals surface area contributed by atoms with Crippen molar-refractivity contribution < 1.29 is 4.79 Å². The highest BCUT2D eigenvalue weighted by Crippen LogP contribution is 2.18. The van der Waals surface area contributed by atoms with Crippen LogP contribution in [0.25, 0.3) is 0 Å². The van der Waals surface area contributed by atoms with Crippen molar-refractivity contribution in [1.29, 1.82) is 0 Å². The van der Waals surface area contributed by atoms with Gasteiger partial charge in [-0.25, -0.2) is 0 Å². The molecule has 120 valence electrons. The Bertz CT molecular complexity index is 462. The molecule has 1 amide bonds. The maximum Gasteiger partial charge on any atom is 0.222 e. The van der Waals surface area contributed by atoms with E-state index in [0.29, 0.717) is 11.8 Å². The normalized spacial score (nSPS) is 21.0. The lowest BCUT2D eigenvalue weighted by atomic mass is 9.94. The van der Waals surface area contributed by atoms with E-state index in [4.69, 9.17) is 0 Å². The van der Waals surface area contributed by atoms with Gasteiger partial charge in [-0.3, -0.25) is 9.69 Å². The number of hydrogen-bond acceptors (Lipinski definition) is 3. The molecular weight excluding hydrogens is 274 g/mol. The van der Waals surface area contributed by atoms with Gasteiger partial charge in [-0.05, 0) is 37.4 Å². The fraction of sp³-hybridized carbons (Fsp3) is 0.611. The molecular formula is C18H27N3O. The molecule has 4 heteroatoms. The summed E-state index contributed by atoms with van der Waals surface area (Å²) in [6, 6.07) is 10.6. The molecule has 2 aliphatic heterocycles. The summed E-state index contributed by atoms with van der Waals surface area (Å²) in [6.07, 6.45) is 3.06. The molecule has 0 unspecified atom stereocenters. The summed E-state index contributed by atoms with van der Waals surface area (Å²) in [5, 5.41) is 3.36. The number of nitrogens with one attached hydrogen (secondary N) is 1. The van der Waals surface area contributed by atoms with Crippen LogP contribution < -0.4 is 5.32 Å². The standard InChI is InChI=1S/C18H27N3O/c22-18(14-16-6-8-19-9-7-16)21-12-10-20(11-13-21)15-17-4-2-1-3-5-17/h1-5,16,19H,6-15H2. The van der Waals surface area contributed by atoms with Crippen molar-refractivity contribution in [3.05, 3.63) is 35.9 Å². The number of amides is 1. The maximum atomic E-state index is 12.4. The molecule has 2 fully saturated rings. The second-order valence-electron chi connectivity index (χ2n) is 6.54. The minimum absolute atomic E-state index is 0.367. The van der Waals surface area contributed by atoms with Gasteiger partial charge >= 0.3 is 0 Å². The summed E-state index contributed by atoms with van der Waals surface area (Å²) in [4.78, 5) is 16.9. The zero-order valence-electron chi connectivity index (χ0n) is 13.3. The van der Waals surface area contributed by atoms with Crippen LogP contribution in [0.4, 0.5) is 0 Å². The van der Waals surface area contributed by atoms with Gasteiger partial charge in [0, 0.05) is 39.1 Å². The Morgan fingerprint density at radius 3 is 2.41 bits per heavy atom. The second-order valence-corrected chi connectivity index (χ2v) is 6.54. The van der Waals surface area contributed by atoms with Crippen LogP contribution in [0.1, 0.15) is 24.8 Å². The predicted molar refractivity (Wildman–Crippen MR) is 88.5 cm³/mol. The quantitative estimate of drug-likeness (QED) is 0.920. The van der Waals surface area contributed by atoms with Crippen molar-refractivity contribution in [1.82, 2.24) is 15.1 Å². The molecule has 0 spiro atoms. The molecule has 0 atom stereocenters. The zero-order chi connectivity index (χ0) is 15.2. The highest BCUT2D eigenvalue weighted by Gasteiger charge is 2.24. The summed E-state index contributed by atoms with van der Waals surface area (Å²) >= 11 is 0. The predicted octanol–water partition coefficient (Wildman–Crippen LogP) is 1.72. The number of rotatable bonds is 4. The summed E-state index contributed by atoms with van der Waals surface area (Å²) in [6.45, 7) is 6.90. The van der Waals surface area contributed by atoms with Gasteiger partial charge in [0.25, 0.3) is 0 Å². The molecule has 0 bridgehead atoms. The molecule has 0 aliphatic carbocycles. The highest BCUT2D eigenvalue weighted by molar-refractivity contribution is 5.76. The number of piperidine rings is 1. The van der Waals surface area contributed by atoms with Crippen molar-refractivity contribution in [3.63, 3.8) is 0 Å². The lowest BCUT2D eigenvalue weighted by Crippen LogP contribution is -2.48. The smallest absolute Gasteiger partial charge is 0.222 e. The van der Waals surface area contributed by atoms with Crippen molar-refractivity contribution in [2.75, 3.05) is 39.3 Å². The Morgan fingerprint density at radius 1 is 1.05 bits per heavy atom. The largest absolute Gasteiger partial charge is 0.340 e. The van der Waals surface area contributed by atoms with Crippen LogP contribution in [0.5, 0.6) is 0 Å². The number of carbonyl (C=O) groups is 1. The monoisotopic (exact) mass is 301 g/mol. The molecule has 3 rings (SSSR count). The number of carbonyl (C=O) groups excluding carboxylic acids is 1. The van der Waals surface area contributed by atoms with Crippen LogP contribution in [0, 0.1) is 5.92 Å². The second kappa shape index (κ2) is 7.75. The van der Waals surface area contributed by atoms with E-state index in [0.717, 1.165) is 65.1 Å². The fourth-order valence-corrected chi connectivity index (χ4v) is 3.46. The van der Waals surface area contributed by atoms with Gasteiger partial charge in [-0.2, -0.15) is 0 Å². The molecule has 1 aromatic carbocycles. The number of piperazine rings is 1. The summed E-state index contributed by atoms with van der Waals surface area (Å²) in [7, 11) is 0. The maximum absolute atomic E-state index is 12.4. The Hall–Kier alpha value is -1.39. The first-order valence-corrected chi connectivity index (χ1v) is 8.56. The van der Waals surface area contributed by atoms with Gasteiger partial charge in [0.05, 0.1) is 0 Å². The van der Waals surface area contributed by atoms with E-state index in [1.807, 2.05) is 0 Å². The van der Waals surface area contributed by atoms with E-state index in [2.05, 4.69) is 45.4 Å². The molecule has 0 saturated carbocycles. The van der Waals surface area contributed by atoms with E-state index in [1.165, 1.54) is 5.56 Å². The van der Waals surface area contributed by atoms with Gasteiger partial charge in [0.2, 0.25) is 5.91 Å². The fourth-order valence-electron chi connectivity index (χ4n) is 3.46. The average molecular weight is 301 g/mol. The summed E-state index contributed by atoms with van der Waals surface area (Å²) in [5.41, 5.74) is 1.36. The van der Waals surface area contributed by atoms with E-state index in [9.17, 15) is 4.79 Å². The third-order valence-corrected chi connectivity index (χ3v) is 4.90. The van der Waals surface area contributed by atoms with Crippen LogP contribution in [0.2, 0.25) is 0 Å². The van der Waals surface area contributed by atoms with Crippen molar-refractivity contribution >= 4 is 5.91 Å². The summed E-state index contributed by atoms with van der Waals surface area (Å²) in [5.74, 6) is 0.961. The van der Waals surface area contributed by atoms with Crippen LogP contribution in [-0.4, -0.2) is 55.0 Å². The van der Waals surface area contributed by atoms with Crippen molar-refractivity contribution in [2.24, 2.45) is 5.92 Å². The Labute approximate surface area is 133 Å². The van der Waals surface area contributed by atoms with E-state index < -0.39 is 0 Å². The lowest BCUT2D eigenvalue weighted by Gasteiger charge is -2.35. The van der Waals surface area contributed by atoms with E-state index >= 15 is 0 Å². The Kier molecular flexibility index (Phi) is 5.46. The first kappa shape index (κ1) is 15.5. The molecule has 2 aliphatic rings. The van der Waals surface area contributed by atoms with Crippen LogP contribution in [-0.2, 0) is 11.3 Å². The first-order valence-electron chi connectivity index (χ1n) is 8.56. The van der Waals surface area contributed by atoms with E-state index in [1.54, 1.807) is 0 Å². The number of hydrogen-bond donors (Lipinski definition) is 1. The molecule has 2 heterocycles. The number of benzene rings is 1. The van der Waals surface area contributed by atoms with Gasteiger partial charge in [-0.15, -0.1) is 0 Å². The van der Waals surface area contributed by atoms with Crippen LogP contribution in [0.3, 0.4) is 0 Å². The first-order chi connectivity index (χ1) is 10.8. The van der Waals surface area contributed by atoms with Crippen molar-refractivity contribution in [3.8, 4) is 0 Å². The van der Waals surface area contributed by atoms with Crippen LogP contribution >= 0.6 is 0 Å². The molecule has 4 nitrogen and oxygen atoms in total.